The number of carboxylic acids is 1. The minimum absolute atomic E-state index is 0.356. The smallest absolute Gasteiger partial charge is 0.471 e. The number of Topliss-reactive ketones (excluding diaryl/α,β-unsaturated/α-hetero) is 1. The summed E-state index contributed by atoms with van der Waals surface area (Å²) in [6.07, 6.45) is -5.76. The molecular weight excluding hydrogens is 315 g/mol. The molecule has 2 N–H and O–H groups in total. The van der Waals surface area contributed by atoms with Crippen molar-refractivity contribution in [2.45, 2.75) is 37.9 Å². The van der Waals surface area contributed by atoms with E-state index in [0.717, 1.165) is 0 Å². The van der Waals surface area contributed by atoms with E-state index >= 15 is 0 Å². The predicted octanol–water partition coefficient (Wildman–Crippen LogP) is 2.27. The minimum atomic E-state index is -5.02. The Morgan fingerprint density at radius 1 is 1.13 bits per heavy atom. The van der Waals surface area contributed by atoms with Gasteiger partial charge < -0.3 is 10.4 Å². The molecule has 1 rings (SSSR count). The molecule has 0 aliphatic carbocycles. The van der Waals surface area contributed by atoms with Crippen molar-refractivity contribution in [3.8, 4) is 0 Å². The second-order valence-corrected chi connectivity index (χ2v) is 5.12. The highest BCUT2D eigenvalue weighted by atomic mass is 19.4. The molecule has 0 radical (unpaired) electrons. The van der Waals surface area contributed by atoms with Crippen molar-refractivity contribution in [1.29, 1.82) is 0 Å². The molecule has 0 saturated heterocycles. The van der Waals surface area contributed by atoms with Gasteiger partial charge in [0.05, 0.1) is 5.92 Å². The molecule has 0 heterocycles. The number of nitrogens with one attached hydrogen (secondary N) is 1. The first kappa shape index (κ1) is 18.7. The summed E-state index contributed by atoms with van der Waals surface area (Å²) in [5.41, 5.74) is 0.431. The van der Waals surface area contributed by atoms with Crippen LogP contribution in [0.1, 0.15) is 31.2 Å². The molecule has 1 aromatic carbocycles. The fourth-order valence-electron chi connectivity index (χ4n) is 2.04. The third kappa shape index (κ3) is 6.09. The number of ketones is 1. The van der Waals surface area contributed by atoms with Gasteiger partial charge in [-0.1, -0.05) is 30.3 Å². The number of hydrogen-bond donors (Lipinski definition) is 2. The van der Waals surface area contributed by atoms with E-state index in [9.17, 15) is 32.7 Å². The lowest BCUT2D eigenvalue weighted by molar-refractivity contribution is -0.174. The van der Waals surface area contributed by atoms with E-state index in [4.69, 9.17) is 0 Å². The Bertz CT molecular complexity index is 572. The van der Waals surface area contributed by atoms with E-state index < -0.39 is 35.8 Å². The molecule has 0 aromatic heterocycles. The average Bonchev–Trinajstić information content (AvgIpc) is 2.44. The van der Waals surface area contributed by atoms with E-state index in [-0.39, 0.29) is 12.8 Å². The van der Waals surface area contributed by atoms with Gasteiger partial charge in [0, 0.05) is 18.9 Å². The fourth-order valence-corrected chi connectivity index (χ4v) is 2.04. The Hall–Kier alpha value is -2.38. The second kappa shape index (κ2) is 7.75. The van der Waals surface area contributed by atoms with Gasteiger partial charge in [0.2, 0.25) is 0 Å². The fraction of sp³-hybridized carbons (Fsp3) is 0.400. The van der Waals surface area contributed by atoms with Crippen molar-refractivity contribution in [3.63, 3.8) is 0 Å². The largest absolute Gasteiger partial charge is 0.481 e. The van der Waals surface area contributed by atoms with Gasteiger partial charge in [0.15, 0.2) is 0 Å². The molecule has 0 saturated carbocycles. The van der Waals surface area contributed by atoms with Crippen LogP contribution in [0.5, 0.6) is 0 Å². The molecule has 1 aromatic rings. The van der Waals surface area contributed by atoms with Crippen LogP contribution < -0.4 is 5.32 Å². The molecule has 126 valence electrons. The summed E-state index contributed by atoms with van der Waals surface area (Å²) in [4.78, 5) is 33.9. The van der Waals surface area contributed by atoms with Gasteiger partial charge in [0.25, 0.3) is 0 Å². The van der Waals surface area contributed by atoms with Gasteiger partial charge in [-0.2, -0.15) is 13.2 Å². The number of carboxylic acid groups (broad SMARTS) is 1. The first-order chi connectivity index (χ1) is 10.6. The van der Waals surface area contributed by atoms with E-state index in [0.29, 0.717) is 5.56 Å². The number of alkyl halides is 3. The molecule has 0 aliphatic heterocycles. The summed E-state index contributed by atoms with van der Waals surface area (Å²) in [5, 5.41) is 10.9. The monoisotopic (exact) mass is 331 g/mol. The lowest BCUT2D eigenvalue weighted by Gasteiger charge is -2.16. The molecule has 23 heavy (non-hydrogen) atoms. The van der Waals surface area contributed by atoms with E-state index in [1.54, 1.807) is 35.6 Å². The number of halogens is 3. The maximum Gasteiger partial charge on any atom is 0.471 e. The van der Waals surface area contributed by atoms with Gasteiger partial charge >= 0.3 is 18.1 Å². The molecule has 0 bridgehead atoms. The molecular formula is C15H16F3NO4. The zero-order valence-electron chi connectivity index (χ0n) is 12.3. The van der Waals surface area contributed by atoms with Crippen molar-refractivity contribution < 1.29 is 32.7 Å². The summed E-state index contributed by atoms with van der Waals surface area (Å²) in [5.74, 6) is -4.95. The first-order valence-corrected chi connectivity index (χ1v) is 6.78. The number of carbonyl (C=O) groups is 3. The van der Waals surface area contributed by atoms with E-state index in [2.05, 4.69) is 0 Å². The highest BCUT2D eigenvalue weighted by Crippen LogP contribution is 2.21. The summed E-state index contributed by atoms with van der Waals surface area (Å²) < 4.78 is 36.3. The zero-order chi connectivity index (χ0) is 17.6. The number of carbonyl (C=O) groups excluding carboxylic acids is 2. The van der Waals surface area contributed by atoms with Crippen molar-refractivity contribution in [2.24, 2.45) is 0 Å². The highest BCUT2D eigenvalue weighted by molar-refractivity contribution is 5.88. The Labute approximate surface area is 130 Å². The number of aliphatic carboxylic acids is 1. The normalized spacial score (nSPS) is 13.9. The maximum atomic E-state index is 12.1. The van der Waals surface area contributed by atoms with Gasteiger partial charge in [-0.25, -0.2) is 0 Å². The van der Waals surface area contributed by atoms with Gasteiger partial charge in [0.1, 0.15) is 5.78 Å². The number of hydrogen-bond acceptors (Lipinski definition) is 3. The Kier molecular flexibility index (Phi) is 6.29. The molecule has 1 unspecified atom stereocenters. The van der Waals surface area contributed by atoms with Crippen molar-refractivity contribution >= 4 is 17.7 Å². The topological polar surface area (TPSA) is 83.5 Å². The summed E-state index contributed by atoms with van der Waals surface area (Å²) >= 11 is 0. The molecule has 5 nitrogen and oxygen atoms in total. The first-order valence-electron chi connectivity index (χ1n) is 6.78. The second-order valence-electron chi connectivity index (χ2n) is 5.12. The van der Waals surface area contributed by atoms with E-state index in [1.165, 1.54) is 6.92 Å². The van der Waals surface area contributed by atoms with Crippen LogP contribution in [-0.2, 0) is 14.4 Å². The van der Waals surface area contributed by atoms with Crippen LogP contribution in [0.3, 0.4) is 0 Å². The van der Waals surface area contributed by atoms with Crippen LogP contribution in [0.25, 0.3) is 0 Å². The predicted molar refractivity (Wildman–Crippen MR) is 74.7 cm³/mol. The van der Waals surface area contributed by atoms with Crippen molar-refractivity contribution in [3.05, 3.63) is 35.9 Å². The quantitative estimate of drug-likeness (QED) is 0.803. The van der Waals surface area contributed by atoms with Crippen LogP contribution in [-0.4, -0.2) is 35.0 Å². The van der Waals surface area contributed by atoms with Gasteiger partial charge in [-0.05, 0) is 12.5 Å². The SMILES string of the molecule is C[C@@H](CC(=O)CC(C(=O)O)c1ccccc1)NC(=O)C(F)(F)F. The van der Waals surface area contributed by atoms with Gasteiger partial charge in [-0.15, -0.1) is 0 Å². The van der Waals surface area contributed by atoms with Crippen LogP contribution in [0.4, 0.5) is 13.2 Å². The van der Waals surface area contributed by atoms with Gasteiger partial charge in [-0.3, -0.25) is 14.4 Å². The van der Waals surface area contributed by atoms with Crippen LogP contribution in [0.2, 0.25) is 0 Å². The van der Waals surface area contributed by atoms with Crippen LogP contribution in [0, 0.1) is 0 Å². The lowest BCUT2D eigenvalue weighted by atomic mass is 9.92. The third-order valence-electron chi connectivity index (χ3n) is 3.10. The molecule has 0 fully saturated rings. The van der Waals surface area contributed by atoms with Crippen molar-refractivity contribution in [2.75, 3.05) is 0 Å². The number of amides is 1. The Morgan fingerprint density at radius 2 is 1.70 bits per heavy atom. The highest BCUT2D eigenvalue weighted by Gasteiger charge is 2.39. The molecule has 2 atom stereocenters. The summed E-state index contributed by atoms with van der Waals surface area (Å²) in [7, 11) is 0. The Morgan fingerprint density at radius 3 is 2.17 bits per heavy atom. The summed E-state index contributed by atoms with van der Waals surface area (Å²) in [6.45, 7) is 1.25. The number of benzene rings is 1. The number of rotatable bonds is 7. The maximum absolute atomic E-state index is 12.1. The minimum Gasteiger partial charge on any atom is -0.481 e. The summed E-state index contributed by atoms with van der Waals surface area (Å²) in [6, 6.07) is 7.02. The van der Waals surface area contributed by atoms with Crippen LogP contribution in [0.15, 0.2) is 30.3 Å². The van der Waals surface area contributed by atoms with Crippen molar-refractivity contribution in [1.82, 2.24) is 5.32 Å². The standard InChI is InChI=1S/C15H16F3NO4/c1-9(19-14(23)15(16,17)18)7-11(20)8-12(13(21)22)10-5-3-2-4-6-10/h2-6,9,12H,7-8H2,1H3,(H,19,23)(H,21,22)/t9-,12?/m0/s1. The molecule has 8 heteroatoms. The average molecular weight is 331 g/mol. The zero-order valence-corrected chi connectivity index (χ0v) is 12.3. The third-order valence-corrected chi connectivity index (χ3v) is 3.10. The van der Waals surface area contributed by atoms with Crippen LogP contribution >= 0.6 is 0 Å². The Balaban J connectivity index is 2.63. The molecule has 1 amide bonds. The molecule has 0 aliphatic rings. The van der Waals surface area contributed by atoms with E-state index in [1.807, 2.05) is 0 Å². The molecule has 0 spiro atoms. The lowest BCUT2D eigenvalue weighted by Crippen LogP contribution is -2.42.